The van der Waals surface area contributed by atoms with Crippen molar-refractivity contribution in [2.24, 2.45) is 10.8 Å². The van der Waals surface area contributed by atoms with E-state index in [9.17, 15) is 4.79 Å². The normalized spacial score (nSPS) is 42.7. The maximum Gasteiger partial charge on any atom is 0.512 e. The molecular weight excluding hydrogens is 244 g/mol. The van der Waals surface area contributed by atoms with Crippen LogP contribution in [0.15, 0.2) is 0 Å². The SMILES string of the molecule is CC1(CO)COC1OC(=O)OC1OCC1(C)CO. The van der Waals surface area contributed by atoms with Crippen molar-refractivity contribution in [3.05, 3.63) is 0 Å². The van der Waals surface area contributed by atoms with Crippen molar-refractivity contribution in [3.63, 3.8) is 0 Å². The van der Waals surface area contributed by atoms with Crippen molar-refractivity contribution in [3.8, 4) is 0 Å². The smallest absolute Gasteiger partial charge is 0.403 e. The predicted octanol–water partition coefficient (Wildman–Crippen LogP) is -0.151. The third kappa shape index (κ3) is 2.18. The fourth-order valence-corrected chi connectivity index (χ4v) is 1.67. The fraction of sp³-hybridized carbons (Fsp3) is 0.909. The van der Waals surface area contributed by atoms with Crippen LogP contribution in [-0.4, -0.2) is 55.4 Å². The predicted molar refractivity (Wildman–Crippen MR) is 57.4 cm³/mol. The van der Waals surface area contributed by atoms with E-state index in [1.54, 1.807) is 13.8 Å². The van der Waals surface area contributed by atoms with Gasteiger partial charge in [0.2, 0.25) is 12.6 Å². The molecule has 2 N–H and O–H groups in total. The first-order valence-corrected chi connectivity index (χ1v) is 5.76. The second-order valence-corrected chi connectivity index (χ2v) is 5.40. The number of rotatable bonds is 4. The fourth-order valence-electron chi connectivity index (χ4n) is 1.67. The van der Waals surface area contributed by atoms with Gasteiger partial charge in [-0.05, 0) is 13.8 Å². The Hall–Kier alpha value is -0.890. The maximum absolute atomic E-state index is 11.5. The molecule has 2 heterocycles. The highest BCUT2D eigenvalue weighted by Gasteiger charge is 2.50. The Morgan fingerprint density at radius 1 is 1.11 bits per heavy atom. The molecule has 0 radical (unpaired) electrons. The largest absolute Gasteiger partial charge is 0.512 e. The summed E-state index contributed by atoms with van der Waals surface area (Å²) in [4.78, 5) is 11.5. The Bertz CT molecular complexity index is 295. The molecule has 7 nitrogen and oxygen atoms in total. The highest BCUT2D eigenvalue weighted by molar-refractivity contribution is 5.60. The van der Waals surface area contributed by atoms with Crippen LogP contribution in [0.1, 0.15) is 13.8 Å². The number of aliphatic hydroxyl groups excluding tert-OH is 2. The molecule has 2 fully saturated rings. The molecule has 2 saturated heterocycles. The zero-order chi connectivity index (χ0) is 13.4. The van der Waals surface area contributed by atoms with Crippen molar-refractivity contribution in [2.45, 2.75) is 26.4 Å². The van der Waals surface area contributed by atoms with Crippen LogP contribution in [0.3, 0.4) is 0 Å². The van der Waals surface area contributed by atoms with Gasteiger partial charge in [-0.1, -0.05) is 0 Å². The summed E-state index contributed by atoms with van der Waals surface area (Å²) in [5, 5.41) is 18.2. The number of ether oxygens (including phenoxy) is 4. The summed E-state index contributed by atoms with van der Waals surface area (Å²) in [6.07, 6.45) is -2.55. The second-order valence-electron chi connectivity index (χ2n) is 5.40. The number of carbonyl (C=O) groups is 1. The van der Waals surface area contributed by atoms with Gasteiger partial charge in [0.15, 0.2) is 0 Å². The molecule has 0 saturated carbocycles. The molecule has 0 aromatic rings. The zero-order valence-corrected chi connectivity index (χ0v) is 10.4. The Morgan fingerprint density at radius 2 is 1.50 bits per heavy atom. The molecule has 18 heavy (non-hydrogen) atoms. The maximum atomic E-state index is 11.5. The average Bonchev–Trinajstić information content (AvgIpc) is 2.37. The molecule has 0 spiro atoms. The van der Waals surface area contributed by atoms with Gasteiger partial charge < -0.3 is 29.2 Å². The van der Waals surface area contributed by atoms with Gasteiger partial charge in [0.25, 0.3) is 0 Å². The average molecular weight is 262 g/mol. The van der Waals surface area contributed by atoms with Gasteiger partial charge in [-0.2, -0.15) is 0 Å². The van der Waals surface area contributed by atoms with Crippen molar-refractivity contribution in [2.75, 3.05) is 26.4 Å². The van der Waals surface area contributed by atoms with E-state index in [-0.39, 0.29) is 13.2 Å². The van der Waals surface area contributed by atoms with Crippen LogP contribution < -0.4 is 0 Å². The van der Waals surface area contributed by atoms with E-state index >= 15 is 0 Å². The first-order valence-electron chi connectivity index (χ1n) is 5.76. The number of aliphatic hydroxyl groups is 2. The third-order valence-corrected chi connectivity index (χ3v) is 3.40. The lowest BCUT2D eigenvalue weighted by Crippen LogP contribution is -2.57. The highest BCUT2D eigenvalue weighted by Crippen LogP contribution is 2.37. The Kier molecular flexibility index (Phi) is 3.50. The Morgan fingerprint density at radius 3 is 1.72 bits per heavy atom. The summed E-state index contributed by atoms with van der Waals surface area (Å²) in [7, 11) is 0. The number of carbonyl (C=O) groups excluding carboxylic acids is 1. The molecule has 2 aliphatic rings. The zero-order valence-electron chi connectivity index (χ0n) is 10.4. The van der Waals surface area contributed by atoms with Gasteiger partial charge in [0, 0.05) is 0 Å². The molecule has 104 valence electrons. The summed E-state index contributed by atoms with van der Waals surface area (Å²) in [5.41, 5.74) is -1.17. The highest BCUT2D eigenvalue weighted by atomic mass is 16.8. The molecule has 7 heteroatoms. The van der Waals surface area contributed by atoms with Crippen LogP contribution in [0.25, 0.3) is 0 Å². The number of hydrogen-bond acceptors (Lipinski definition) is 7. The molecule has 0 aromatic heterocycles. The van der Waals surface area contributed by atoms with Crippen LogP contribution in [0.2, 0.25) is 0 Å². The monoisotopic (exact) mass is 262 g/mol. The van der Waals surface area contributed by atoms with Crippen LogP contribution in [0.4, 0.5) is 4.79 Å². The van der Waals surface area contributed by atoms with Crippen LogP contribution in [0, 0.1) is 10.8 Å². The van der Waals surface area contributed by atoms with Gasteiger partial charge in [-0.25, -0.2) is 4.79 Å². The van der Waals surface area contributed by atoms with Gasteiger partial charge in [-0.15, -0.1) is 0 Å². The van der Waals surface area contributed by atoms with Crippen LogP contribution >= 0.6 is 0 Å². The van der Waals surface area contributed by atoms with E-state index in [0.29, 0.717) is 13.2 Å². The lowest BCUT2D eigenvalue weighted by atomic mass is 9.87. The van der Waals surface area contributed by atoms with Gasteiger partial charge in [0.05, 0.1) is 37.3 Å². The van der Waals surface area contributed by atoms with Crippen molar-refractivity contribution in [1.82, 2.24) is 0 Å². The van der Waals surface area contributed by atoms with E-state index in [2.05, 4.69) is 0 Å². The minimum absolute atomic E-state index is 0.140. The molecule has 0 amide bonds. The van der Waals surface area contributed by atoms with Crippen molar-refractivity contribution in [1.29, 1.82) is 0 Å². The quantitative estimate of drug-likeness (QED) is 0.680. The van der Waals surface area contributed by atoms with Crippen LogP contribution in [-0.2, 0) is 18.9 Å². The summed E-state index contributed by atoms with van der Waals surface area (Å²) in [6, 6.07) is 0. The van der Waals surface area contributed by atoms with E-state index < -0.39 is 29.6 Å². The summed E-state index contributed by atoms with van der Waals surface area (Å²) < 4.78 is 20.0. The topological polar surface area (TPSA) is 94.5 Å². The molecule has 2 rings (SSSR count). The molecule has 2 aliphatic heterocycles. The second kappa shape index (κ2) is 4.65. The molecule has 0 aliphatic carbocycles. The van der Waals surface area contributed by atoms with E-state index in [1.165, 1.54) is 0 Å². The number of hydrogen-bond donors (Lipinski definition) is 2. The molecule has 4 unspecified atom stereocenters. The van der Waals surface area contributed by atoms with Crippen molar-refractivity contribution >= 4 is 6.16 Å². The van der Waals surface area contributed by atoms with E-state index in [1.807, 2.05) is 0 Å². The van der Waals surface area contributed by atoms with Gasteiger partial charge in [0.1, 0.15) is 0 Å². The minimum Gasteiger partial charge on any atom is -0.403 e. The first-order chi connectivity index (χ1) is 8.43. The molecule has 0 aromatic carbocycles. The minimum atomic E-state index is -0.927. The lowest BCUT2D eigenvalue weighted by molar-refractivity contribution is -0.322. The van der Waals surface area contributed by atoms with Gasteiger partial charge >= 0.3 is 6.16 Å². The van der Waals surface area contributed by atoms with Crippen molar-refractivity contribution < 1.29 is 34.0 Å². The van der Waals surface area contributed by atoms with Crippen LogP contribution in [0.5, 0.6) is 0 Å². The van der Waals surface area contributed by atoms with E-state index in [4.69, 9.17) is 29.2 Å². The molecule has 4 atom stereocenters. The molecular formula is C11H18O7. The Labute approximate surface area is 105 Å². The van der Waals surface area contributed by atoms with Gasteiger partial charge in [-0.3, -0.25) is 0 Å². The van der Waals surface area contributed by atoms with E-state index in [0.717, 1.165) is 0 Å². The first kappa shape index (κ1) is 13.5. The lowest BCUT2D eigenvalue weighted by Gasteiger charge is -2.45. The summed E-state index contributed by atoms with van der Waals surface area (Å²) in [6.45, 7) is 3.86. The standard InChI is InChI=1S/C11H18O7/c1-10(3-12)5-15-7(10)17-9(14)18-8-11(2,4-13)6-16-8/h7-8,12-13H,3-6H2,1-2H3. The summed E-state index contributed by atoms with van der Waals surface area (Å²) >= 11 is 0. The Balaban J connectivity index is 1.80. The molecule has 0 bridgehead atoms. The summed E-state index contributed by atoms with van der Waals surface area (Å²) in [5.74, 6) is 0. The third-order valence-electron chi connectivity index (χ3n) is 3.40.